The molecule has 30 heavy (non-hydrogen) atoms. The first-order chi connectivity index (χ1) is 14.5. The fourth-order valence-electron chi connectivity index (χ4n) is 2.85. The number of pyridine rings is 1. The minimum Gasteiger partial charge on any atom is -0.439 e. The molecule has 0 radical (unpaired) electrons. The molecule has 0 spiro atoms. The van der Waals surface area contributed by atoms with Gasteiger partial charge in [0.2, 0.25) is 11.8 Å². The SMILES string of the molecule is Cc1ccc(Oc2ccc(NC(=O)C(C)n3c(-c4cccs4)n[nH]c3=S)cn2)cc1. The van der Waals surface area contributed by atoms with E-state index >= 15 is 0 Å². The van der Waals surface area contributed by atoms with E-state index in [0.29, 0.717) is 27.9 Å². The monoisotopic (exact) mass is 437 g/mol. The third kappa shape index (κ3) is 4.32. The predicted molar refractivity (Wildman–Crippen MR) is 120 cm³/mol. The van der Waals surface area contributed by atoms with Crippen LogP contribution in [0, 0.1) is 11.7 Å². The number of hydrogen-bond acceptors (Lipinski definition) is 6. The second-order valence-electron chi connectivity index (χ2n) is 6.67. The number of aromatic amines is 1. The van der Waals surface area contributed by atoms with Crippen LogP contribution in [0.25, 0.3) is 10.7 Å². The van der Waals surface area contributed by atoms with Crippen molar-refractivity contribution in [3.63, 3.8) is 0 Å². The average molecular weight is 438 g/mol. The summed E-state index contributed by atoms with van der Waals surface area (Å²) in [6, 6.07) is 14.5. The fraction of sp³-hybridized carbons (Fsp3) is 0.143. The summed E-state index contributed by atoms with van der Waals surface area (Å²) in [5.41, 5.74) is 1.72. The summed E-state index contributed by atoms with van der Waals surface area (Å²) in [5, 5.41) is 11.9. The third-order valence-electron chi connectivity index (χ3n) is 4.46. The lowest BCUT2D eigenvalue weighted by Gasteiger charge is -2.15. The van der Waals surface area contributed by atoms with Crippen molar-refractivity contribution in [1.82, 2.24) is 19.7 Å². The summed E-state index contributed by atoms with van der Waals surface area (Å²) in [4.78, 5) is 18.0. The van der Waals surface area contributed by atoms with Gasteiger partial charge in [0.1, 0.15) is 11.8 Å². The second kappa shape index (κ2) is 8.60. The Morgan fingerprint density at radius 1 is 1.23 bits per heavy atom. The maximum Gasteiger partial charge on any atom is 0.247 e. The van der Waals surface area contributed by atoms with Gasteiger partial charge in [0.05, 0.1) is 16.8 Å². The lowest BCUT2D eigenvalue weighted by molar-refractivity contribution is -0.118. The first-order valence-corrected chi connectivity index (χ1v) is 10.5. The van der Waals surface area contributed by atoms with Crippen LogP contribution in [0.5, 0.6) is 11.6 Å². The molecule has 4 aromatic rings. The van der Waals surface area contributed by atoms with Crippen LogP contribution in [0.2, 0.25) is 0 Å². The van der Waals surface area contributed by atoms with Crippen molar-refractivity contribution in [2.45, 2.75) is 19.9 Å². The number of carbonyl (C=O) groups excluding carboxylic acids is 1. The number of anilines is 1. The lowest BCUT2D eigenvalue weighted by atomic mass is 10.2. The van der Waals surface area contributed by atoms with Gasteiger partial charge in [-0.2, -0.15) is 5.10 Å². The number of aromatic nitrogens is 4. The van der Waals surface area contributed by atoms with Crippen molar-refractivity contribution in [3.05, 3.63) is 70.4 Å². The molecule has 0 aliphatic heterocycles. The Kier molecular flexibility index (Phi) is 5.73. The maximum atomic E-state index is 12.8. The molecule has 1 aromatic carbocycles. The zero-order valence-corrected chi connectivity index (χ0v) is 18.0. The number of aryl methyl sites for hydroxylation is 1. The normalized spacial score (nSPS) is 11.8. The number of ether oxygens (including phenoxy) is 1. The molecule has 1 unspecified atom stereocenters. The van der Waals surface area contributed by atoms with Gasteiger partial charge in [-0.3, -0.25) is 14.5 Å². The Morgan fingerprint density at radius 3 is 2.70 bits per heavy atom. The summed E-state index contributed by atoms with van der Waals surface area (Å²) >= 11 is 6.87. The van der Waals surface area contributed by atoms with Crippen molar-refractivity contribution in [1.29, 1.82) is 0 Å². The Balaban J connectivity index is 1.46. The number of thiophene rings is 1. The molecule has 152 valence electrons. The molecule has 1 atom stereocenters. The molecule has 3 heterocycles. The molecular formula is C21H19N5O2S2. The largest absolute Gasteiger partial charge is 0.439 e. The summed E-state index contributed by atoms with van der Waals surface area (Å²) < 4.78 is 7.82. The second-order valence-corrected chi connectivity index (χ2v) is 8.00. The highest BCUT2D eigenvalue weighted by Crippen LogP contribution is 2.26. The number of H-pyrrole nitrogens is 1. The number of nitrogens with zero attached hydrogens (tertiary/aromatic N) is 3. The number of amides is 1. The number of carbonyl (C=O) groups is 1. The third-order valence-corrected chi connectivity index (χ3v) is 5.61. The zero-order chi connectivity index (χ0) is 21.1. The molecule has 3 aromatic heterocycles. The smallest absolute Gasteiger partial charge is 0.247 e. The van der Waals surface area contributed by atoms with E-state index < -0.39 is 6.04 Å². The Hall–Kier alpha value is -3.30. The summed E-state index contributed by atoms with van der Waals surface area (Å²) in [5.74, 6) is 1.56. The van der Waals surface area contributed by atoms with Gasteiger partial charge in [-0.1, -0.05) is 23.8 Å². The molecule has 0 fully saturated rings. The summed E-state index contributed by atoms with van der Waals surface area (Å²) in [7, 11) is 0. The lowest BCUT2D eigenvalue weighted by Crippen LogP contribution is -2.24. The number of benzene rings is 1. The Labute approximate surface area is 182 Å². The van der Waals surface area contributed by atoms with Gasteiger partial charge >= 0.3 is 0 Å². The van der Waals surface area contributed by atoms with Crippen molar-refractivity contribution in [2.24, 2.45) is 0 Å². The number of nitrogens with one attached hydrogen (secondary N) is 2. The topological polar surface area (TPSA) is 84.8 Å². The molecule has 0 aliphatic rings. The quantitative estimate of drug-likeness (QED) is 0.397. The van der Waals surface area contributed by atoms with Crippen molar-refractivity contribution in [3.8, 4) is 22.3 Å². The molecule has 7 nitrogen and oxygen atoms in total. The molecule has 2 N–H and O–H groups in total. The van der Waals surface area contributed by atoms with Crippen LogP contribution >= 0.6 is 23.6 Å². The molecule has 4 rings (SSSR count). The van der Waals surface area contributed by atoms with E-state index in [1.54, 1.807) is 29.8 Å². The molecule has 0 bridgehead atoms. The Morgan fingerprint density at radius 2 is 2.03 bits per heavy atom. The van der Waals surface area contributed by atoms with E-state index in [1.165, 1.54) is 11.3 Å². The minimum absolute atomic E-state index is 0.223. The molecule has 0 aliphatic carbocycles. The average Bonchev–Trinajstić information content (AvgIpc) is 3.40. The zero-order valence-electron chi connectivity index (χ0n) is 16.3. The molecule has 0 saturated carbocycles. The van der Waals surface area contributed by atoms with Gasteiger partial charge in [0, 0.05) is 6.07 Å². The highest BCUT2D eigenvalue weighted by atomic mass is 32.1. The van der Waals surface area contributed by atoms with Gasteiger partial charge < -0.3 is 10.1 Å². The van der Waals surface area contributed by atoms with Crippen LogP contribution in [-0.2, 0) is 4.79 Å². The first-order valence-electron chi connectivity index (χ1n) is 9.23. The number of hydrogen-bond donors (Lipinski definition) is 2. The Bertz CT molecular complexity index is 1200. The standard InChI is InChI=1S/C21H19N5O2S2/c1-13-5-8-16(9-6-13)28-18-10-7-15(12-22-18)23-20(27)14(2)26-19(24-25-21(26)29)17-4-3-11-30-17/h3-12,14H,1-2H3,(H,23,27)(H,25,29). The van der Waals surface area contributed by atoms with E-state index in [-0.39, 0.29) is 5.91 Å². The predicted octanol–water partition coefficient (Wildman–Crippen LogP) is 5.36. The van der Waals surface area contributed by atoms with Crippen LogP contribution < -0.4 is 10.1 Å². The van der Waals surface area contributed by atoms with E-state index in [4.69, 9.17) is 17.0 Å². The minimum atomic E-state index is -0.558. The van der Waals surface area contributed by atoms with Gasteiger partial charge in [-0.05, 0) is 55.7 Å². The molecule has 1 amide bonds. The highest BCUT2D eigenvalue weighted by Gasteiger charge is 2.21. The van der Waals surface area contributed by atoms with Gasteiger partial charge in [-0.15, -0.1) is 11.3 Å². The van der Waals surface area contributed by atoms with Crippen LogP contribution in [0.1, 0.15) is 18.5 Å². The fourth-order valence-corrected chi connectivity index (χ4v) is 3.85. The first kappa shape index (κ1) is 20.0. The van der Waals surface area contributed by atoms with E-state index in [0.717, 1.165) is 10.4 Å². The van der Waals surface area contributed by atoms with Crippen LogP contribution in [0.15, 0.2) is 60.1 Å². The summed E-state index contributed by atoms with van der Waals surface area (Å²) in [6.07, 6.45) is 1.56. The van der Waals surface area contributed by atoms with Crippen LogP contribution in [-0.4, -0.2) is 25.7 Å². The van der Waals surface area contributed by atoms with Crippen LogP contribution in [0.3, 0.4) is 0 Å². The summed E-state index contributed by atoms with van der Waals surface area (Å²) in [6.45, 7) is 3.79. The van der Waals surface area contributed by atoms with E-state index in [9.17, 15) is 4.79 Å². The molecule has 0 saturated heterocycles. The van der Waals surface area contributed by atoms with E-state index in [1.807, 2.05) is 48.7 Å². The molecular weight excluding hydrogens is 418 g/mol. The maximum absolute atomic E-state index is 12.8. The van der Waals surface area contributed by atoms with Gasteiger partial charge in [0.15, 0.2) is 10.6 Å². The molecule has 9 heteroatoms. The van der Waals surface area contributed by atoms with Crippen molar-refractivity contribution in [2.75, 3.05) is 5.32 Å². The van der Waals surface area contributed by atoms with Crippen LogP contribution in [0.4, 0.5) is 5.69 Å². The highest BCUT2D eigenvalue weighted by molar-refractivity contribution is 7.71. The van der Waals surface area contributed by atoms with Crippen molar-refractivity contribution < 1.29 is 9.53 Å². The van der Waals surface area contributed by atoms with Gasteiger partial charge in [-0.25, -0.2) is 4.98 Å². The number of rotatable bonds is 6. The van der Waals surface area contributed by atoms with Gasteiger partial charge in [0.25, 0.3) is 0 Å². The van der Waals surface area contributed by atoms with E-state index in [2.05, 4.69) is 20.5 Å². The van der Waals surface area contributed by atoms with Crippen molar-refractivity contribution >= 4 is 35.1 Å².